The molecule has 3 aromatic heterocycles. The van der Waals surface area contributed by atoms with Crippen molar-refractivity contribution in [2.45, 2.75) is 18.9 Å². The molecule has 4 heterocycles. The molecule has 0 aliphatic carbocycles. The van der Waals surface area contributed by atoms with Crippen LogP contribution in [0.3, 0.4) is 0 Å². The van der Waals surface area contributed by atoms with Crippen LogP contribution in [0.2, 0.25) is 0 Å². The zero-order valence-electron chi connectivity index (χ0n) is 13.0. The second-order valence-electron chi connectivity index (χ2n) is 5.97. The molecule has 5 nitrogen and oxygen atoms in total. The Morgan fingerprint density at radius 3 is 3.17 bits per heavy atom. The van der Waals surface area contributed by atoms with Gasteiger partial charge in [0.2, 0.25) is 0 Å². The van der Waals surface area contributed by atoms with Crippen LogP contribution in [-0.2, 0) is 4.74 Å². The van der Waals surface area contributed by atoms with Gasteiger partial charge in [0.1, 0.15) is 0 Å². The summed E-state index contributed by atoms with van der Waals surface area (Å²) in [6.07, 6.45) is 8.20. The van der Waals surface area contributed by atoms with Gasteiger partial charge >= 0.3 is 0 Å². The average molecular weight is 336 g/mol. The van der Waals surface area contributed by atoms with Crippen molar-refractivity contribution in [2.24, 2.45) is 0 Å². The third kappa shape index (κ3) is 2.26. The lowest BCUT2D eigenvalue weighted by molar-refractivity contribution is 0.114. The van der Waals surface area contributed by atoms with E-state index in [0.717, 1.165) is 46.7 Å². The van der Waals surface area contributed by atoms with Crippen LogP contribution in [-0.4, -0.2) is 26.4 Å². The van der Waals surface area contributed by atoms with E-state index in [1.54, 1.807) is 11.3 Å². The Bertz CT molecular complexity index is 993. The molecule has 1 fully saturated rings. The van der Waals surface area contributed by atoms with Crippen LogP contribution in [0.5, 0.6) is 0 Å². The summed E-state index contributed by atoms with van der Waals surface area (Å²) < 4.78 is 7.91. The van der Waals surface area contributed by atoms with Gasteiger partial charge in [0, 0.05) is 35.0 Å². The zero-order chi connectivity index (χ0) is 15.9. The molecule has 6 heteroatoms. The SMILES string of the molecule is c1cn(-c2ccc3cn[nH]c3c2)c(-c2ccc([C@H]3CCCO3)s2)n1. The first kappa shape index (κ1) is 13.9. The van der Waals surface area contributed by atoms with Crippen molar-refractivity contribution in [1.29, 1.82) is 0 Å². The van der Waals surface area contributed by atoms with Crippen LogP contribution in [0, 0.1) is 0 Å². The van der Waals surface area contributed by atoms with E-state index in [4.69, 9.17) is 4.74 Å². The Labute approximate surface area is 142 Å². The summed E-state index contributed by atoms with van der Waals surface area (Å²) in [4.78, 5) is 7.03. The van der Waals surface area contributed by atoms with Gasteiger partial charge in [-0.1, -0.05) is 0 Å². The fourth-order valence-electron chi connectivity index (χ4n) is 3.22. The van der Waals surface area contributed by atoms with Gasteiger partial charge in [-0.3, -0.25) is 9.67 Å². The second kappa shape index (κ2) is 5.58. The van der Waals surface area contributed by atoms with E-state index in [2.05, 4.69) is 50.1 Å². The summed E-state index contributed by atoms with van der Waals surface area (Å²) in [6.45, 7) is 0.872. The number of imidazole rings is 1. The molecule has 1 aliphatic rings. The lowest BCUT2D eigenvalue weighted by Gasteiger charge is -2.07. The number of hydrogen-bond donors (Lipinski definition) is 1. The van der Waals surface area contributed by atoms with Gasteiger partial charge < -0.3 is 4.74 Å². The van der Waals surface area contributed by atoms with Crippen molar-refractivity contribution in [3.05, 3.63) is 53.8 Å². The highest BCUT2D eigenvalue weighted by molar-refractivity contribution is 7.15. The smallest absolute Gasteiger partial charge is 0.154 e. The largest absolute Gasteiger partial charge is 0.373 e. The maximum Gasteiger partial charge on any atom is 0.154 e. The normalized spacial score (nSPS) is 17.8. The molecule has 1 saturated heterocycles. The van der Waals surface area contributed by atoms with Crippen LogP contribution in [0.15, 0.2) is 48.9 Å². The summed E-state index contributed by atoms with van der Waals surface area (Å²) >= 11 is 1.77. The first-order chi connectivity index (χ1) is 11.9. The Kier molecular flexibility index (Phi) is 3.24. The van der Waals surface area contributed by atoms with Gasteiger partial charge in [0.15, 0.2) is 5.82 Å². The number of ether oxygens (including phenoxy) is 1. The first-order valence-corrected chi connectivity index (χ1v) is 8.89. The van der Waals surface area contributed by atoms with E-state index in [1.165, 1.54) is 4.88 Å². The number of nitrogens with one attached hydrogen (secondary N) is 1. The predicted octanol–water partition coefficient (Wildman–Crippen LogP) is 4.33. The van der Waals surface area contributed by atoms with Crippen molar-refractivity contribution < 1.29 is 4.74 Å². The highest BCUT2D eigenvalue weighted by Gasteiger charge is 2.20. The minimum absolute atomic E-state index is 0.258. The van der Waals surface area contributed by atoms with Crippen molar-refractivity contribution in [3.8, 4) is 16.4 Å². The highest BCUT2D eigenvalue weighted by atomic mass is 32.1. The van der Waals surface area contributed by atoms with Crippen molar-refractivity contribution in [2.75, 3.05) is 6.61 Å². The van der Waals surface area contributed by atoms with Crippen LogP contribution in [0.4, 0.5) is 0 Å². The Hall–Kier alpha value is -2.44. The van der Waals surface area contributed by atoms with Crippen LogP contribution in [0.25, 0.3) is 27.3 Å². The maximum atomic E-state index is 5.80. The van der Waals surface area contributed by atoms with Gasteiger partial charge in [0.05, 0.1) is 22.7 Å². The monoisotopic (exact) mass is 336 g/mol. The van der Waals surface area contributed by atoms with E-state index in [0.29, 0.717) is 0 Å². The third-order valence-electron chi connectivity index (χ3n) is 4.44. The van der Waals surface area contributed by atoms with Crippen molar-refractivity contribution >= 4 is 22.2 Å². The molecule has 0 bridgehead atoms. The number of nitrogens with zero attached hydrogens (tertiary/aromatic N) is 3. The molecule has 0 amide bonds. The number of hydrogen-bond acceptors (Lipinski definition) is 4. The molecule has 1 N–H and O–H groups in total. The molecule has 1 aliphatic heterocycles. The summed E-state index contributed by atoms with van der Waals surface area (Å²) in [7, 11) is 0. The molecule has 5 rings (SSSR count). The van der Waals surface area contributed by atoms with Crippen LogP contribution < -0.4 is 0 Å². The fraction of sp³-hybridized carbons (Fsp3) is 0.222. The van der Waals surface area contributed by atoms with Crippen molar-refractivity contribution in [1.82, 2.24) is 19.7 Å². The van der Waals surface area contributed by atoms with E-state index in [1.807, 2.05) is 18.6 Å². The number of benzene rings is 1. The molecular formula is C18H16N4OS. The molecule has 4 aromatic rings. The van der Waals surface area contributed by atoms with Gasteiger partial charge in [-0.05, 0) is 43.2 Å². The van der Waals surface area contributed by atoms with Crippen LogP contribution >= 0.6 is 11.3 Å². The summed E-state index contributed by atoms with van der Waals surface area (Å²) in [5.41, 5.74) is 2.10. The number of rotatable bonds is 3. The van der Waals surface area contributed by atoms with Gasteiger partial charge in [0.25, 0.3) is 0 Å². The van der Waals surface area contributed by atoms with E-state index in [-0.39, 0.29) is 6.10 Å². The molecule has 0 radical (unpaired) electrons. The Balaban J connectivity index is 1.54. The molecule has 0 spiro atoms. The maximum absolute atomic E-state index is 5.80. The molecule has 0 saturated carbocycles. The van der Waals surface area contributed by atoms with Gasteiger partial charge in [-0.15, -0.1) is 11.3 Å². The lowest BCUT2D eigenvalue weighted by atomic mass is 10.2. The van der Waals surface area contributed by atoms with E-state index in [9.17, 15) is 0 Å². The number of fused-ring (bicyclic) bond motifs is 1. The zero-order valence-corrected chi connectivity index (χ0v) is 13.8. The Morgan fingerprint density at radius 1 is 1.25 bits per heavy atom. The molecule has 24 heavy (non-hydrogen) atoms. The number of thiophene rings is 1. The topological polar surface area (TPSA) is 55.7 Å². The Morgan fingerprint density at radius 2 is 2.25 bits per heavy atom. The minimum Gasteiger partial charge on any atom is -0.373 e. The molecular weight excluding hydrogens is 320 g/mol. The number of H-pyrrole nitrogens is 1. The first-order valence-electron chi connectivity index (χ1n) is 8.07. The highest BCUT2D eigenvalue weighted by Crippen LogP contribution is 2.37. The molecule has 120 valence electrons. The quantitative estimate of drug-likeness (QED) is 0.606. The lowest BCUT2D eigenvalue weighted by Crippen LogP contribution is -1.95. The van der Waals surface area contributed by atoms with E-state index >= 15 is 0 Å². The average Bonchev–Trinajstić information content (AvgIpc) is 3.41. The van der Waals surface area contributed by atoms with E-state index < -0.39 is 0 Å². The second-order valence-corrected chi connectivity index (χ2v) is 7.08. The fourth-order valence-corrected chi connectivity index (χ4v) is 4.30. The standard InChI is InChI=1S/C18H16N4OS/c1-2-15(23-9-1)16-5-6-17(24-16)18-19-7-8-22(18)13-4-3-12-11-20-21-14(12)10-13/h3-8,10-11,15H,1-2,9H2,(H,20,21)/t15-/m1/s1. The molecule has 1 aromatic carbocycles. The number of aromatic nitrogens is 4. The molecule has 0 unspecified atom stereocenters. The van der Waals surface area contributed by atoms with Crippen molar-refractivity contribution in [3.63, 3.8) is 0 Å². The summed E-state index contributed by atoms with van der Waals surface area (Å²) in [6, 6.07) is 10.6. The molecule has 1 atom stereocenters. The minimum atomic E-state index is 0.258. The summed E-state index contributed by atoms with van der Waals surface area (Å²) in [5.74, 6) is 0.961. The number of aromatic amines is 1. The predicted molar refractivity (Wildman–Crippen MR) is 94.5 cm³/mol. The third-order valence-corrected chi connectivity index (χ3v) is 5.61. The van der Waals surface area contributed by atoms with Gasteiger partial charge in [-0.2, -0.15) is 5.10 Å². The van der Waals surface area contributed by atoms with Crippen LogP contribution in [0.1, 0.15) is 23.8 Å². The van der Waals surface area contributed by atoms with Gasteiger partial charge in [-0.25, -0.2) is 4.98 Å². The summed E-state index contributed by atoms with van der Waals surface area (Å²) in [5, 5.41) is 8.22.